The number of amides is 1. The van der Waals surface area contributed by atoms with Gasteiger partial charge in [0.25, 0.3) is 0 Å². The lowest BCUT2D eigenvalue weighted by Crippen LogP contribution is -2.33. The summed E-state index contributed by atoms with van der Waals surface area (Å²) in [7, 11) is 0. The molecule has 1 saturated carbocycles. The fourth-order valence-electron chi connectivity index (χ4n) is 2.81. The van der Waals surface area contributed by atoms with E-state index in [9.17, 15) is 4.79 Å². The standard InChI is InChI=1S/C14H22N4O2S2/c19-12(16-10-4-1-2-5-10)9-21-14-18-17-13(22-14)15-8-11-6-3-7-20-11/h10-11H,1-9H2,(H,15,17)(H,16,19)/t11-/m1/s1. The third-order valence-electron chi connectivity index (χ3n) is 3.96. The number of nitrogens with zero attached hydrogens (tertiary/aromatic N) is 2. The molecule has 3 rings (SSSR count). The van der Waals surface area contributed by atoms with E-state index in [-0.39, 0.29) is 12.0 Å². The van der Waals surface area contributed by atoms with E-state index < -0.39 is 0 Å². The van der Waals surface area contributed by atoms with Crippen LogP contribution in [0.2, 0.25) is 0 Å². The molecule has 2 aliphatic rings. The van der Waals surface area contributed by atoms with Crippen LogP contribution in [-0.2, 0) is 9.53 Å². The van der Waals surface area contributed by atoms with Crippen molar-refractivity contribution in [3.63, 3.8) is 0 Å². The Morgan fingerprint density at radius 1 is 1.27 bits per heavy atom. The molecule has 2 N–H and O–H groups in total. The van der Waals surface area contributed by atoms with Crippen molar-refractivity contribution in [2.75, 3.05) is 24.2 Å². The highest BCUT2D eigenvalue weighted by molar-refractivity contribution is 8.01. The zero-order valence-corrected chi connectivity index (χ0v) is 14.2. The second-order valence-corrected chi connectivity index (χ2v) is 7.93. The molecular weight excluding hydrogens is 320 g/mol. The summed E-state index contributed by atoms with van der Waals surface area (Å²) in [6.45, 7) is 1.64. The molecule has 1 aromatic rings. The third kappa shape index (κ3) is 4.82. The summed E-state index contributed by atoms with van der Waals surface area (Å²) < 4.78 is 6.39. The summed E-state index contributed by atoms with van der Waals surface area (Å²) >= 11 is 2.95. The second kappa shape index (κ2) is 8.12. The molecular formula is C14H22N4O2S2. The van der Waals surface area contributed by atoms with Crippen LogP contribution >= 0.6 is 23.1 Å². The predicted octanol–water partition coefficient (Wildman–Crippen LogP) is 2.28. The second-order valence-electron chi connectivity index (χ2n) is 5.73. The lowest BCUT2D eigenvalue weighted by molar-refractivity contribution is -0.119. The third-order valence-corrected chi connectivity index (χ3v) is 5.97. The first-order chi connectivity index (χ1) is 10.8. The minimum absolute atomic E-state index is 0.0981. The van der Waals surface area contributed by atoms with Gasteiger partial charge in [-0.05, 0) is 25.7 Å². The molecule has 22 heavy (non-hydrogen) atoms. The number of ether oxygens (including phenoxy) is 1. The van der Waals surface area contributed by atoms with Crippen LogP contribution in [0.25, 0.3) is 0 Å². The number of aromatic nitrogens is 2. The molecule has 2 heterocycles. The number of hydrogen-bond donors (Lipinski definition) is 2. The Balaban J connectivity index is 1.36. The summed E-state index contributed by atoms with van der Waals surface area (Å²) in [4.78, 5) is 11.9. The van der Waals surface area contributed by atoms with E-state index in [1.165, 1.54) is 35.9 Å². The van der Waals surface area contributed by atoms with Crippen LogP contribution in [0.1, 0.15) is 38.5 Å². The zero-order chi connectivity index (χ0) is 15.2. The average Bonchev–Trinajstić information content (AvgIpc) is 3.25. The Labute approximate surface area is 138 Å². The Hall–Kier alpha value is -0.860. The summed E-state index contributed by atoms with van der Waals surface area (Å²) in [6.07, 6.45) is 7.23. The van der Waals surface area contributed by atoms with Crippen LogP contribution in [0.4, 0.5) is 5.13 Å². The van der Waals surface area contributed by atoms with Gasteiger partial charge in [0.2, 0.25) is 11.0 Å². The van der Waals surface area contributed by atoms with Gasteiger partial charge in [0, 0.05) is 19.2 Å². The van der Waals surface area contributed by atoms with Crippen molar-refractivity contribution in [3.8, 4) is 0 Å². The average molecular weight is 342 g/mol. The quantitative estimate of drug-likeness (QED) is 0.741. The van der Waals surface area contributed by atoms with Gasteiger partial charge in [-0.1, -0.05) is 35.9 Å². The van der Waals surface area contributed by atoms with Gasteiger partial charge in [-0.3, -0.25) is 4.79 Å². The molecule has 1 aromatic heterocycles. The molecule has 0 radical (unpaired) electrons. The number of anilines is 1. The molecule has 0 bridgehead atoms. The van der Waals surface area contributed by atoms with E-state index in [2.05, 4.69) is 20.8 Å². The minimum atomic E-state index is 0.0981. The molecule has 1 saturated heterocycles. The van der Waals surface area contributed by atoms with Gasteiger partial charge in [0.05, 0.1) is 11.9 Å². The summed E-state index contributed by atoms with van der Waals surface area (Å²) in [5.41, 5.74) is 0. The monoisotopic (exact) mass is 342 g/mol. The molecule has 1 atom stereocenters. The Bertz CT molecular complexity index is 485. The SMILES string of the molecule is O=C(CSc1nnc(NC[C@H]2CCCO2)s1)NC1CCCC1. The van der Waals surface area contributed by atoms with Crippen molar-refractivity contribution in [3.05, 3.63) is 0 Å². The van der Waals surface area contributed by atoms with E-state index >= 15 is 0 Å². The van der Waals surface area contributed by atoms with Gasteiger partial charge in [0.1, 0.15) is 0 Å². The van der Waals surface area contributed by atoms with Crippen molar-refractivity contribution in [1.29, 1.82) is 0 Å². The Morgan fingerprint density at radius 3 is 2.91 bits per heavy atom. The molecule has 2 fully saturated rings. The van der Waals surface area contributed by atoms with E-state index in [1.807, 2.05) is 0 Å². The van der Waals surface area contributed by atoms with E-state index in [0.29, 0.717) is 11.8 Å². The van der Waals surface area contributed by atoms with Crippen LogP contribution in [0, 0.1) is 0 Å². The first kappa shape index (κ1) is 16.0. The van der Waals surface area contributed by atoms with Crippen molar-refractivity contribution >= 4 is 34.1 Å². The van der Waals surface area contributed by atoms with Gasteiger partial charge in [-0.15, -0.1) is 10.2 Å². The molecule has 8 heteroatoms. The van der Waals surface area contributed by atoms with Crippen molar-refractivity contribution in [1.82, 2.24) is 15.5 Å². The number of carbonyl (C=O) groups excluding carboxylic acids is 1. The zero-order valence-electron chi connectivity index (χ0n) is 12.5. The molecule has 0 aromatic carbocycles. The molecule has 1 aliphatic carbocycles. The number of carbonyl (C=O) groups is 1. The predicted molar refractivity (Wildman–Crippen MR) is 88.5 cm³/mol. The van der Waals surface area contributed by atoms with Gasteiger partial charge < -0.3 is 15.4 Å². The highest BCUT2D eigenvalue weighted by Crippen LogP contribution is 2.26. The van der Waals surface area contributed by atoms with Crippen molar-refractivity contribution in [2.24, 2.45) is 0 Å². The molecule has 122 valence electrons. The Kier molecular flexibility index (Phi) is 5.91. The minimum Gasteiger partial charge on any atom is -0.376 e. The summed E-state index contributed by atoms with van der Waals surface area (Å²) in [6, 6.07) is 0.381. The largest absolute Gasteiger partial charge is 0.376 e. The summed E-state index contributed by atoms with van der Waals surface area (Å²) in [5, 5.41) is 15.4. The smallest absolute Gasteiger partial charge is 0.230 e. The van der Waals surface area contributed by atoms with E-state index in [1.54, 1.807) is 0 Å². The topological polar surface area (TPSA) is 76.1 Å². The first-order valence-electron chi connectivity index (χ1n) is 7.91. The molecule has 1 amide bonds. The summed E-state index contributed by atoms with van der Waals surface area (Å²) in [5.74, 6) is 0.512. The maximum Gasteiger partial charge on any atom is 0.230 e. The fourth-order valence-corrected chi connectivity index (χ4v) is 4.38. The highest BCUT2D eigenvalue weighted by atomic mass is 32.2. The highest BCUT2D eigenvalue weighted by Gasteiger charge is 2.18. The van der Waals surface area contributed by atoms with Crippen LogP contribution in [0.3, 0.4) is 0 Å². The number of nitrogens with one attached hydrogen (secondary N) is 2. The van der Waals surface area contributed by atoms with Crippen molar-refractivity contribution < 1.29 is 9.53 Å². The van der Waals surface area contributed by atoms with Crippen LogP contribution < -0.4 is 10.6 Å². The maximum absolute atomic E-state index is 11.9. The number of thioether (sulfide) groups is 1. The van der Waals surface area contributed by atoms with Gasteiger partial charge >= 0.3 is 0 Å². The number of rotatable bonds is 7. The molecule has 6 nitrogen and oxygen atoms in total. The van der Waals surface area contributed by atoms with E-state index in [4.69, 9.17) is 4.74 Å². The van der Waals surface area contributed by atoms with Gasteiger partial charge in [-0.2, -0.15) is 0 Å². The lowest BCUT2D eigenvalue weighted by atomic mass is 10.2. The molecule has 0 unspecified atom stereocenters. The molecule has 1 aliphatic heterocycles. The normalized spacial score (nSPS) is 22.1. The van der Waals surface area contributed by atoms with Crippen molar-refractivity contribution in [2.45, 2.75) is 55.0 Å². The van der Waals surface area contributed by atoms with Crippen LogP contribution in [0.5, 0.6) is 0 Å². The lowest BCUT2D eigenvalue weighted by Gasteiger charge is -2.10. The number of hydrogen-bond acceptors (Lipinski definition) is 7. The van der Waals surface area contributed by atoms with Gasteiger partial charge in [0.15, 0.2) is 4.34 Å². The van der Waals surface area contributed by atoms with Crippen LogP contribution in [-0.4, -0.2) is 47.2 Å². The molecule has 0 spiro atoms. The fraction of sp³-hybridized carbons (Fsp3) is 0.786. The van der Waals surface area contributed by atoms with Crippen LogP contribution in [0.15, 0.2) is 4.34 Å². The first-order valence-corrected chi connectivity index (χ1v) is 9.71. The van der Waals surface area contributed by atoms with Gasteiger partial charge in [-0.25, -0.2) is 0 Å². The maximum atomic E-state index is 11.9. The van der Waals surface area contributed by atoms with E-state index in [0.717, 1.165) is 48.3 Å². The Morgan fingerprint density at radius 2 is 2.14 bits per heavy atom.